The molecule has 0 unspecified atom stereocenters. The summed E-state index contributed by atoms with van der Waals surface area (Å²) in [6.07, 6.45) is -10.0. The van der Waals surface area contributed by atoms with E-state index in [1.54, 1.807) is 0 Å². The van der Waals surface area contributed by atoms with Crippen LogP contribution in [0.4, 0.5) is 35.9 Å². The fraction of sp³-hybridized carbons (Fsp3) is 0.471. The summed E-state index contributed by atoms with van der Waals surface area (Å²) in [6.45, 7) is -0.632. The third-order valence-electron chi connectivity index (χ3n) is 5.16. The summed E-state index contributed by atoms with van der Waals surface area (Å²) >= 11 is 0. The molecule has 164 valence electrons. The number of alkyl halides is 6. The molecule has 5 amide bonds. The summed E-state index contributed by atoms with van der Waals surface area (Å²) < 4.78 is 78.1. The number of benzene rings is 1. The van der Waals surface area contributed by atoms with Gasteiger partial charge in [-0.3, -0.25) is 9.69 Å². The topological polar surface area (TPSA) is 95.7 Å². The number of hydrogen-bond donors (Lipinski definition) is 2. The molecule has 2 aliphatic rings. The van der Waals surface area contributed by atoms with Gasteiger partial charge in [-0.05, 0) is 36.6 Å². The fourth-order valence-electron chi connectivity index (χ4n) is 3.56. The minimum absolute atomic E-state index is 0.0212. The molecule has 0 aromatic heterocycles. The van der Waals surface area contributed by atoms with E-state index in [4.69, 9.17) is 5.73 Å². The number of nitrogens with one attached hydrogen (secondary N) is 1. The van der Waals surface area contributed by atoms with Crippen LogP contribution in [0.3, 0.4) is 0 Å². The Morgan fingerprint density at radius 3 is 1.93 bits per heavy atom. The molecule has 7 nitrogen and oxygen atoms in total. The SMILES string of the molecule is NC(=O)N1CCC2(CC1)NC(=O)N(Cc1cc(C(F)(F)F)cc(C(F)(F)F)c1)C2=O. The number of amides is 5. The monoisotopic (exact) mass is 438 g/mol. The first-order valence-corrected chi connectivity index (χ1v) is 8.70. The Bertz CT molecular complexity index is 858. The highest BCUT2D eigenvalue weighted by atomic mass is 19.4. The highest BCUT2D eigenvalue weighted by Gasteiger charge is 2.52. The van der Waals surface area contributed by atoms with Gasteiger partial charge in [0.1, 0.15) is 5.54 Å². The lowest BCUT2D eigenvalue weighted by Gasteiger charge is -2.36. The van der Waals surface area contributed by atoms with Crippen LogP contribution in [-0.2, 0) is 23.7 Å². The molecule has 2 aliphatic heterocycles. The van der Waals surface area contributed by atoms with Crippen LogP contribution in [0.25, 0.3) is 0 Å². The molecule has 1 aromatic carbocycles. The lowest BCUT2D eigenvalue weighted by molar-refractivity contribution is -0.143. The number of primary amides is 1. The van der Waals surface area contributed by atoms with Gasteiger partial charge in [0.05, 0.1) is 17.7 Å². The zero-order valence-corrected chi connectivity index (χ0v) is 15.2. The molecule has 1 aromatic rings. The first-order valence-electron chi connectivity index (χ1n) is 8.70. The second kappa shape index (κ2) is 7.06. The van der Waals surface area contributed by atoms with Crippen LogP contribution in [0.2, 0.25) is 0 Å². The Labute approximate surface area is 165 Å². The second-order valence-electron chi connectivity index (χ2n) is 7.14. The summed E-state index contributed by atoms with van der Waals surface area (Å²) in [5, 5.41) is 2.45. The minimum Gasteiger partial charge on any atom is -0.351 e. The van der Waals surface area contributed by atoms with Gasteiger partial charge < -0.3 is 16.0 Å². The van der Waals surface area contributed by atoms with Gasteiger partial charge in [-0.1, -0.05) is 0 Å². The largest absolute Gasteiger partial charge is 0.416 e. The molecule has 0 radical (unpaired) electrons. The average Bonchev–Trinajstić information content (AvgIpc) is 2.84. The van der Waals surface area contributed by atoms with E-state index < -0.39 is 59.1 Å². The molecular formula is C17H16F6N4O3. The highest BCUT2D eigenvalue weighted by molar-refractivity contribution is 6.07. The molecule has 0 bridgehead atoms. The normalized spacial score (nSPS) is 19.4. The van der Waals surface area contributed by atoms with E-state index in [9.17, 15) is 40.7 Å². The van der Waals surface area contributed by atoms with Crippen molar-refractivity contribution in [2.45, 2.75) is 37.3 Å². The summed E-state index contributed by atoms with van der Waals surface area (Å²) in [6, 6.07) is -0.732. The maximum absolute atomic E-state index is 13.0. The maximum atomic E-state index is 13.0. The zero-order valence-electron chi connectivity index (χ0n) is 15.2. The van der Waals surface area contributed by atoms with Crippen molar-refractivity contribution >= 4 is 18.0 Å². The van der Waals surface area contributed by atoms with Gasteiger partial charge in [0.2, 0.25) is 0 Å². The number of likely N-dealkylation sites (tertiary alicyclic amines) is 1. The van der Waals surface area contributed by atoms with Crippen LogP contribution in [0.1, 0.15) is 29.5 Å². The van der Waals surface area contributed by atoms with Gasteiger partial charge in [0.25, 0.3) is 5.91 Å². The Balaban J connectivity index is 1.87. The quantitative estimate of drug-likeness (QED) is 0.549. The molecule has 0 atom stereocenters. The molecule has 30 heavy (non-hydrogen) atoms. The molecule has 2 saturated heterocycles. The van der Waals surface area contributed by atoms with Gasteiger partial charge in [-0.2, -0.15) is 26.3 Å². The van der Waals surface area contributed by atoms with E-state index in [-0.39, 0.29) is 32.0 Å². The van der Waals surface area contributed by atoms with E-state index in [0.29, 0.717) is 17.0 Å². The van der Waals surface area contributed by atoms with Crippen LogP contribution in [0, 0.1) is 0 Å². The van der Waals surface area contributed by atoms with Crippen molar-refractivity contribution in [1.82, 2.24) is 15.1 Å². The van der Waals surface area contributed by atoms with Gasteiger partial charge in [-0.15, -0.1) is 0 Å². The number of imide groups is 1. The molecule has 2 heterocycles. The van der Waals surface area contributed by atoms with Crippen molar-refractivity contribution in [2.75, 3.05) is 13.1 Å². The number of nitrogens with zero attached hydrogens (tertiary/aromatic N) is 2. The van der Waals surface area contributed by atoms with Crippen molar-refractivity contribution in [3.05, 3.63) is 34.9 Å². The molecular weight excluding hydrogens is 422 g/mol. The number of carbonyl (C=O) groups excluding carboxylic acids is 3. The number of rotatable bonds is 2. The number of piperidine rings is 1. The fourth-order valence-corrected chi connectivity index (χ4v) is 3.56. The minimum atomic E-state index is -5.05. The van der Waals surface area contributed by atoms with Gasteiger partial charge in [-0.25, -0.2) is 9.59 Å². The Morgan fingerprint density at radius 2 is 1.50 bits per heavy atom. The Morgan fingerprint density at radius 1 is 1.00 bits per heavy atom. The predicted octanol–water partition coefficient (Wildman–Crippen LogP) is 2.69. The number of carbonyl (C=O) groups is 3. The summed E-state index contributed by atoms with van der Waals surface area (Å²) in [5.74, 6) is -0.775. The maximum Gasteiger partial charge on any atom is 0.416 e. The average molecular weight is 438 g/mol. The number of hydrogen-bond acceptors (Lipinski definition) is 3. The second-order valence-corrected chi connectivity index (χ2v) is 7.14. The first-order chi connectivity index (χ1) is 13.7. The van der Waals surface area contributed by atoms with E-state index in [1.165, 1.54) is 4.90 Å². The zero-order chi connectivity index (χ0) is 22.5. The smallest absolute Gasteiger partial charge is 0.351 e. The first kappa shape index (κ1) is 21.7. The molecule has 2 fully saturated rings. The highest BCUT2D eigenvalue weighted by Crippen LogP contribution is 2.37. The summed E-state index contributed by atoms with van der Waals surface area (Å²) in [4.78, 5) is 38.1. The van der Waals surface area contributed by atoms with Crippen molar-refractivity contribution in [3.8, 4) is 0 Å². The number of halogens is 6. The van der Waals surface area contributed by atoms with Crippen molar-refractivity contribution in [2.24, 2.45) is 5.73 Å². The lowest BCUT2D eigenvalue weighted by Crippen LogP contribution is -2.56. The predicted molar refractivity (Wildman–Crippen MR) is 88.6 cm³/mol. The molecule has 1 spiro atoms. The van der Waals surface area contributed by atoms with Crippen LogP contribution in [-0.4, -0.2) is 46.4 Å². The molecule has 3 N–H and O–H groups in total. The van der Waals surface area contributed by atoms with Crippen LogP contribution >= 0.6 is 0 Å². The van der Waals surface area contributed by atoms with Crippen LogP contribution in [0.15, 0.2) is 18.2 Å². The van der Waals surface area contributed by atoms with Gasteiger partial charge in [0.15, 0.2) is 0 Å². The van der Waals surface area contributed by atoms with Gasteiger partial charge in [0, 0.05) is 13.1 Å². The van der Waals surface area contributed by atoms with E-state index >= 15 is 0 Å². The third-order valence-corrected chi connectivity index (χ3v) is 5.16. The standard InChI is InChI=1S/C17H16F6N4O3/c18-16(19,20)10-5-9(6-11(7-10)17(21,22)23)8-27-12(28)15(25-14(27)30)1-3-26(4-2-15)13(24)29/h5-7H,1-4,8H2,(H2,24,29)(H,25,30). The van der Waals surface area contributed by atoms with E-state index in [0.717, 1.165) is 0 Å². The van der Waals surface area contributed by atoms with Crippen molar-refractivity contribution < 1.29 is 40.7 Å². The summed E-state index contributed by atoms with van der Waals surface area (Å²) in [5.41, 5.74) is 0.218. The van der Waals surface area contributed by atoms with E-state index in [2.05, 4.69) is 5.32 Å². The van der Waals surface area contributed by atoms with Gasteiger partial charge >= 0.3 is 24.4 Å². The summed E-state index contributed by atoms with van der Waals surface area (Å²) in [7, 11) is 0. The molecule has 3 rings (SSSR count). The molecule has 0 aliphatic carbocycles. The molecule has 13 heteroatoms. The third kappa shape index (κ3) is 4.00. The molecule has 0 saturated carbocycles. The Hall–Kier alpha value is -2.99. The lowest BCUT2D eigenvalue weighted by atomic mass is 9.87. The van der Waals surface area contributed by atoms with Crippen molar-refractivity contribution in [1.29, 1.82) is 0 Å². The van der Waals surface area contributed by atoms with Crippen LogP contribution in [0.5, 0.6) is 0 Å². The Kier molecular flexibility index (Phi) is 5.11. The number of urea groups is 2. The van der Waals surface area contributed by atoms with Crippen LogP contribution < -0.4 is 11.1 Å². The van der Waals surface area contributed by atoms with E-state index in [1.807, 2.05) is 0 Å². The van der Waals surface area contributed by atoms with Crippen molar-refractivity contribution in [3.63, 3.8) is 0 Å². The number of nitrogens with two attached hydrogens (primary N) is 1.